The van der Waals surface area contributed by atoms with Gasteiger partial charge in [0.05, 0.1) is 5.92 Å². The van der Waals surface area contributed by atoms with Gasteiger partial charge in [-0.3, -0.25) is 4.79 Å². The van der Waals surface area contributed by atoms with E-state index >= 15 is 0 Å². The van der Waals surface area contributed by atoms with E-state index in [-0.39, 0.29) is 23.1 Å². The summed E-state index contributed by atoms with van der Waals surface area (Å²) in [5.41, 5.74) is 2.12. The summed E-state index contributed by atoms with van der Waals surface area (Å²) in [6, 6.07) is 11.4. The second-order valence-corrected chi connectivity index (χ2v) is 10.7. The molecule has 1 aliphatic rings. The van der Waals surface area contributed by atoms with Gasteiger partial charge in [-0.2, -0.15) is 4.31 Å². The van der Waals surface area contributed by atoms with E-state index in [2.05, 4.69) is 10.5 Å². The molecule has 1 amide bonds. The first-order valence-electron chi connectivity index (χ1n) is 10.4. The number of amides is 1. The number of hydrogen-bond donors (Lipinski definition) is 1. The third-order valence-corrected chi connectivity index (χ3v) is 8.31. The van der Waals surface area contributed by atoms with Crippen LogP contribution < -0.4 is 5.32 Å². The van der Waals surface area contributed by atoms with E-state index in [1.165, 1.54) is 4.31 Å². The van der Waals surface area contributed by atoms with Gasteiger partial charge in [0.1, 0.15) is 5.69 Å². The highest BCUT2D eigenvalue weighted by molar-refractivity contribution is 7.89. The lowest BCUT2D eigenvalue weighted by Gasteiger charge is -2.31. The minimum Gasteiger partial charge on any atom is -0.355 e. The van der Waals surface area contributed by atoms with E-state index in [1.54, 1.807) is 30.4 Å². The Bertz CT molecular complexity index is 1210. The summed E-state index contributed by atoms with van der Waals surface area (Å²) >= 11 is 1.54. The first-order valence-corrected chi connectivity index (χ1v) is 12.7. The van der Waals surface area contributed by atoms with E-state index < -0.39 is 15.9 Å². The molecule has 0 aliphatic carbocycles. The van der Waals surface area contributed by atoms with Gasteiger partial charge in [0, 0.05) is 23.7 Å². The van der Waals surface area contributed by atoms with E-state index in [4.69, 9.17) is 4.52 Å². The molecule has 0 radical (unpaired) electrons. The van der Waals surface area contributed by atoms with Crippen molar-refractivity contribution in [2.45, 2.75) is 31.6 Å². The second-order valence-electron chi connectivity index (χ2n) is 7.87. The summed E-state index contributed by atoms with van der Waals surface area (Å²) in [6.07, 6.45) is 4.68. The molecule has 1 atom stereocenters. The number of nitrogens with zero attached hydrogens (tertiary/aromatic N) is 2. The van der Waals surface area contributed by atoms with Gasteiger partial charge in [-0.25, -0.2) is 8.42 Å². The Hall–Kier alpha value is -2.75. The maximum atomic E-state index is 13.5. The highest BCUT2D eigenvalue weighted by atomic mass is 32.2. The van der Waals surface area contributed by atoms with E-state index in [1.807, 2.05) is 48.7 Å². The van der Waals surface area contributed by atoms with Crippen LogP contribution in [0.2, 0.25) is 0 Å². The lowest BCUT2D eigenvalue weighted by molar-refractivity contribution is -0.120. The molecule has 7 nitrogen and oxygen atoms in total. The van der Waals surface area contributed by atoms with Gasteiger partial charge in [-0.15, -0.1) is 11.3 Å². The van der Waals surface area contributed by atoms with Gasteiger partial charge in [0.15, 0.2) is 10.7 Å². The van der Waals surface area contributed by atoms with Crippen LogP contribution in [0.3, 0.4) is 0 Å². The molecule has 0 spiro atoms. The first kappa shape index (κ1) is 22.4. The van der Waals surface area contributed by atoms with Crippen LogP contribution in [0.5, 0.6) is 0 Å². The van der Waals surface area contributed by atoms with Gasteiger partial charge in [0.2, 0.25) is 15.9 Å². The van der Waals surface area contributed by atoms with Crippen molar-refractivity contribution in [3.8, 4) is 0 Å². The largest absolute Gasteiger partial charge is 0.355 e. The Morgan fingerprint density at radius 2 is 2.00 bits per heavy atom. The second kappa shape index (κ2) is 9.40. The van der Waals surface area contributed by atoms with Crippen LogP contribution in [0, 0.1) is 19.8 Å². The van der Waals surface area contributed by atoms with Crippen molar-refractivity contribution in [1.29, 1.82) is 0 Å². The number of sulfonamides is 1. The summed E-state index contributed by atoms with van der Waals surface area (Å²) in [6.45, 7) is 4.07. The third-order valence-electron chi connectivity index (χ3n) is 5.45. The number of benzene rings is 1. The van der Waals surface area contributed by atoms with Crippen LogP contribution in [-0.4, -0.2) is 36.9 Å². The van der Waals surface area contributed by atoms with Crippen molar-refractivity contribution in [3.63, 3.8) is 0 Å². The van der Waals surface area contributed by atoms with Crippen LogP contribution in [-0.2, 0) is 14.8 Å². The van der Waals surface area contributed by atoms with Crippen LogP contribution in [0.25, 0.3) is 12.2 Å². The number of carbonyl (C=O) groups excluding carboxylic acids is 1. The van der Waals surface area contributed by atoms with Crippen molar-refractivity contribution in [2.24, 2.45) is 5.92 Å². The number of aromatic nitrogens is 1. The molecule has 1 fully saturated rings. The summed E-state index contributed by atoms with van der Waals surface area (Å²) in [7, 11) is -3.87. The van der Waals surface area contributed by atoms with E-state index in [0.717, 1.165) is 10.4 Å². The zero-order valence-corrected chi connectivity index (χ0v) is 19.6. The van der Waals surface area contributed by atoms with Gasteiger partial charge >= 0.3 is 0 Å². The number of rotatable bonds is 6. The Kier molecular flexibility index (Phi) is 6.59. The van der Waals surface area contributed by atoms with Crippen molar-refractivity contribution in [3.05, 3.63) is 63.7 Å². The molecular formula is C23H25N3O4S2. The van der Waals surface area contributed by atoms with Crippen LogP contribution in [0.1, 0.15) is 34.7 Å². The number of hydrogen-bond acceptors (Lipinski definition) is 6. The molecule has 2 aromatic heterocycles. The number of thiophene rings is 1. The van der Waals surface area contributed by atoms with Gasteiger partial charge in [-0.1, -0.05) is 28.9 Å². The molecule has 1 aliphatic heterocycles. The lowest BCUT2D eigenvalue weighted by Crippen LogP contribution is -2.43. The monoisotopic (exact) mass is 471 g/mol. The number of carbonyl (C=O) groups is 1. The maximum Gasteiger partial charge on any atom is 0.248 e. The van der Waals surface area contributed by atoms with Crippen LogP contribution in [0.4, 0.5) is 5.69 Å². The number of nitrogens with one attached hydrogen (secondary N) is 1. The standard InChI is InChI=1S/C23H25N3O4S2/c1-16-7-9-19(10-8-16)24-23(27)18-5-3-13-26(15-18)32(28,29)22-17(2)25-30-21(22)12-11-20-6-4-14-31-20/h4,6-12,14,18H,3,5,13,15H2,1-2H3,(H,24,27)/b12-11+/t18-/m0/s1. The highest BCUT2D eigenvalue weighted by Crippen LogP contribution is 2.30. The summed E-state index contributed by atoms with van der Waals surface area (Å²) < 4.78 is 33.6. The normalized spacial score (nSPS) is 17.6. The lowest BCUT2D eigenvalue weighted by atomic mass is 9.98. The Labute approximate surface area is 191 Å². The van der Waals surface area contributed by atoms with Gasteiger partial charge in [-0.05, 0) is 62.4 Å². The van der Waals surface area contributed by atoms with Gasteiger partial charge in [0.25, 0.3) is 0 Å². The highest BCUT2D eigenvalue weighted by Gasteiger charge is 2.36. The molecule has 4 rings (SSSR count). The molecule has 1 N–H and O–H groups in total. The van der Waals surface area contributed by atoms with Crippen LogP contribution in [0.15, 0.2) is 51.2 Å². The quantitative estimate of drug-likeness (QED) is 0.569. The fourth-order valence-corrected chi connectivity index (χ4v) is 6.12. The number of piperidine rings is 1. The first-order chi connectivity index (χ1) is 15.3. The topological polar surface area (TPSA) is 92.5 Å². The zero-order chi connectivity index (χ0) is 22.7. The summed E-state index contributed by atoms with van der Waals surface area (Å²) in [4.78, 5) is 13.8. The SMILES string of the molecule is Cc1ccc(NC(=O)[C@H]2CCCN(S(=O)(=O)c3c(C)noc3/C=C/c3cccs3)C2)cc1. The Morgan fingerprint density at radius 3 is 2.72 bits per heavy atom. The van der Waals surface area contributed by atoms with Gasteiger partial charge < -0.3 is 9.84 Å². The Morgan fingerprint density at radius 1 is 1.22 bits per heavy atom. The van der Waals surface area contributed by atoms with Crippen molar-refractivity contribution < 1.29 is 17.7 Å². The smallest absolute Gasteiger partial charge is 0.248 e. The molecule has 0 saturated carbocycles. The molecular weight excluding hydrogens is 446 g/mol. The fraction of sp³-hybridized carbons (Fsp3) is 0.304. The van der Waals surface area contributed by atoms with Crippen LogP contribution >= 0.6 is 11.3 Å². The zero-order valence-electron chi connectivity index (χ0n) is 17.9. The maximum absolute atomic E-state index is 13.5. The number of aryl methyl sites for hydroxylation is 2. The molecule has 0 unspecified atom stereocenters. The summed E-state index contributed by atoms with van der Waals surface area (Å²) in [5, 5.41) is 8.73. The molecule has 3 aromatic rings. The minimum absolute atomic E-state index is 0.0601. The molecule has 1 saturated heterocycles. The van der Waals surface area contributed by atoms with Crippen molar-refractivity contribution >= 4 is 45.1 Å². The van der Waals surface area contributed by atoms with Crippen molar-refractivity contribution in [2.75, 3.05) is 18.4 Å². The average Bonchev–Trinajstić information content (AvgIpc) is 3.43. The third kappa shape index (κ3) is 4.85. The average molecular weight is 472 g/mol. The predicted molar refractivity (Wildman–Crippen MR) is 126 cm³/mol. The molecule has 1 aromatic carbocycles. The van der Waals surface area contributed by atoms with Crippen molar-refractivity contribution in [1.82, 2.24) is 9.46 Å². The molecule has 9 heteroatoms. The molecule has 0 bridgehead atoms. The Balaban J connectivity index is 1.52. The molecule has 32 heavy (non-hydrogen) atoms. The van der Waals surface area contributed by atoms with E-state index in [0.29, 0.717) is 30.8 Å². The van der Waals surface area contributed by atoms with E-state index in [9.17, 15) is 13.2 Å². The minimum atomic E-state index is -3.87. The molecule has 3 heterocycles. The predicted octanol–water partition coefficient (Wildman–Crippen LogP) is 4.56. The fourth-order valence-electron chi connectivity index (χ4n) is 3.73. The summed E-state index contributed by atoms with van der Waals surface area (Å²) in [5.74, 6) is -0.402. The number of anilines is 1. The molecule has 168 valence electrons.